The van der Waals surface area contributed by atoms with Crippen molar-refractivity contribution in [3.05, 3.63) is 0 Å². The van der Waals surface area contributed by atoms with Crippen LogP contribution in [0, 0.1) is 0 Å². The van der Waals surface area contributed by atoms with E-state index in [9.17, 15) is 4.79 Å². The summed E-state index contributed by atoms with van der Waals surface area (Å²) in [4.78, 5) is 11.4. The average Bonchev–Trinajstić information content (AvgIpc) is 2.19. The largest absolute Gasteiger partial charge is 0.462 e. The van der Waals surface area contributed by atoms with E-state index in [1.165, 1.54) is 0 Å². The molecule has 0 rings (SSSR count). The van der Waals surface area contributed by atoms with Gasteiger partial charge >= 0.3 is 5.97 Å². The van der Waals surface area contributed by atoms with Gasteiger partial charge in [-0.2, -0.15) is 11.8 Å². The lowest BCUT2D eigenvalue weighted by atomic mass is 10.2. The summed E-state index contributed by atoms with van der Waals surface area (Å²) in [5.74, 6) is 0.529. The van der Waals surface area contributed by atoms with Crippen LogP contribution in [0.1, 0.15) is 27.2 Å². The second-order valence-corrected chi connectivity index (χ2v) is 5.50. The fourth-order valence-electron chi connectivity index (χ4n) is 0.960. The molecule has 4 nitrogen and oxygen atoms in total. The molecule has 0 amide bonds. The Kier molecular flexibility index (Phi) is 7.80. The Morgan fingerprint density at radius 1 is 1.38 bits per heavy atom. The maximum absolute atomic E-state index is 11.4. The summed E-state index contributed by atoms with van der Waals surface area (Å²) in [6, 6.07) is -0.512. The van der Waals surface area contributed by atoms with Crippen molar-refractivity contribution in [2.45, 2.75) is 38.8 Å². The molecular weight excluding hydrogens is 226 g/mol. The minimum atomic E-state index is -0.512. The number of ether oxygens (including phenoxy) is 2. The summed E-state index contributed by atoms with van der Waals surface area (Å²) in [6.45, 7) is 6.55. The van der Waals surface area contributed by atoms with E-state index in [4.69, 9.17) is 15.2 Å². The van der Waals surface area contributed by atoms with Gasteiger partial charge in [0.1, 0.15) is 12.6 Å². The predicted molar refractivity (Wildman–Crippen MR) is 67.6 cm³/mol. The number of carbonyl (C=O) groups is 1. The molecule has 0 heterocycles. The monoisotopic (exact) mass is 249 g/mol. The van der Waals surface area contributed by atoms with Gasteiger partial charge in [-0.1, -0.05) is 0 Å². The summed E-state index contributed by atoms with van der Waals surface area (Å²) in [7, 11) is 0. The molecule has 16 heavy (non-hydrogen) atoms. The molecule has 0 aliphatic carbocycles. The molecule has 0 aromatic rings. The molecule has 5 heteroatoms. The van der Waals surface area contributed by atoms with E-state index in [1.54, 1.807) is 11.8 Å². The van der Waals surface area contributed by atoms with Crippen molar-refractivity contribution in [2.24, 2.45) is 5.73 Å². The van der Waals surface area contributed by atoms with Gasteiger partial charge in [0, 0.05) is 0 Å². The van der Waals surface area contributed by atoms with Crippen LogP contribution in [0.25, 0.3) is 0 Å². The van der Waals surface area contributed by atoms with Crippen LogP contribution in [0.4, 0.5) is 0 Å². The van der Waals surface area contributed by atoms with Gasteiger partial charge in [0.25, 0.3) is 0 Å². The lowest BCUT2D eigenvalue weighted by molar-refractivity contribution is -0.148. The van der Waals surface area contributed by atoms with Crippen LogP contribution < -0.4 is 5.73 Å². The van der Waals surface area contributed by atoms with Crippen molar-refractivity contribution in [2.75, 3.05) is 25.2 Å². The van der Waals surface area contributed by atoms with E-state index in [-0.39, 0.29) is 18.2 Å². The average molecular weight is 249 g/mol. The van der Waals surface area contributed by atoms with Crippen molar-refractivity contribution >= 4 is 17.7 Å². The summed E-state index contributed by atoms with van der Waals surface area (Å²) in [5, 5.41) is 0. The van der Waals surface area contributed by atoms with Gasteiger partial charge in [0.15, 0.2) is 0 Å². The first-order valence-corrected chi connectivity index (χ1v) is 6.81. The Morgan fingerprint density at radius 3 is 2.50 bits per heavy atom. The maximum Gasteiger partial charge on any atom is 0.323 e. The highest BCUT2D eigenvalue weighted by Crippen LogP contribution is 2.06. The van der Waals surface area contributed by atoms with Crippen molar-refractivity contribution < 1.29 is 14.3 Å². The fraction of sp³-hybridized carbons (Fsp3) is 0.909. The molecule has 1 atom stereocenters. The first-order valence-electron chi connectivity index (χ1n) is 5.42. The third-order valence-corrected chi connectivity index (χ3v) is 2.44. The third-order valence-electron chi connectivity index (χ3n) is 1.80. The molecule has 0 aliphatic rings. The van der Waals surface area contributed by atoms with Crippen molar-refractivity contribution in [3.63, 3.8) is 0 Å². The second kappa shape index (κ2) is 7.92. The lowest BCUT2D eigenvalue weighted by Gasteiger charge is -2.19. The van der Waals surface area contributed by atoms with Crippen LogP contribution in [-0.2, 0) is 14.3 Å². The standard InChI is InChI=1S/C11H23NO3S/c1-11(2,3)15-7-6-14-10(13)9(12)5-8-16-4/h9H,5-8,12H2,1-4H3/t9-/m1/s1. The van der Waals surface area contributed by atoms with E-state index in [1.807, 2.05) is 27.0 Å². The van der Waals surface area contributed by atoms with Crippen molar-refractivity contribution in [1.29, 1.82) is 0 Å². The zero-order valence-corrected chi connectivity index (χ0v) is 11.4. The molecule has 0 unspecified atom stereocenters. The zero-order valence-electron chi connectivity index (χ0n) is 10.6. The molecule has 0 radical (unpaired) electrons. The second-order valence-electron chi connectivity index (χ2n) is 4.52. The zero-order chi connectivity index (χ0) is 12.6. The normalized spacial score (nSPS) is 13.6. The quantitative estimate of drug-likeness (QED) is 0.546. The number of carbonyl (C=O) groups excluding carboxylic acids is 1. The minimum Gasteiger partial charge on any atom is -0.462 e. The highest BCUT2D eigenvalue weighted by atomic mass is 32.2. The number of esters is 1. The molecule has 0 bridgehead atoms. The predicted octanol–water partition coefficient (Wildman–Crippen LogP) is 1.43. The lowest BCUT2D eigenvalue weighted by Crippen LogP contribution is -2.34. The molecule has 0 saturated heterocycles. The van der Waals surface area contributed by atoms with Crippen LogP contribution >= 0.6 is 11.8 Å². The molecule has 0 saturated carbocycles. The molecule has 2 N–H and O–H groups in total. The molecule has 96 valence electrons. The van der Waals surface area contributed by atoms with E-state index < -0.39 is 6.04 Å². The van der Waals surface area contributed by atoms with Crippen molar-refractivity contribution in [3.8, 4) is 0 Å². The Balaban J connectivity index is 3.57. The van der Waals surface area contributed by atoms with E-state index in [0.29, 0.717) is 13.0 Å². The van der Waals surface area contributed by atoms with Gasteiger partial charge in [0.05, 0.1) is 12.2 Å². The summed E-state index contributed by atoms with van der Waals surface area (Å²) in [5.41, 5.74) is 5.44. The fourth-order valence-corrected chi connectivity index (χ4v) is 1.45. The first kappa shape index (κ1) is 15.7. The number of rotatable bonds is 7. The van der Waals surface area contributed by atoms with E-state index >= 15 is 0 Å². The van der Waals surface area contributed by atoms with Crippen LogP contribution in [0.2, 0.25) is 0 Å². The minimum absolute atomic E-state index is 0.201. The van der Waals surface area contributed by atoms with Gasteiger partial charge in [-0.3, -0.25) is 4.79 Å². The van der Waals surface area contributed by atoms with E-state index in [0.717, 1.165) is 5.75 Å². The summed E-state index contributed by atoms with van der Waals surface area (Å²) >= 11 is 1.67. The van der Waals surface area contributed by atoms with Gasteiger partial charge in [0.2, 0.25) is 0 Å². The Labute approximate surface area is 102 Å². The Morgan fingerprint density at radius 2 is 2.00 bits per heavy atom. The summed E-state index contributed by atoms with van der Waals surface area (Å²) in [6.07, 6.45) is 2.63. The molecule has 0 aliphatic heterocycles. The SMILES string of the molecule is CSCC[C@@H](N)C(=O)OCCOC(C)(C)C. The van der Waals surface area contributed by atoms with Gasteiger partial charge in [-0.15, -0.1) is 0 Å². The highest BCUT2D eigenvalue weighted by molar-refractivity contribution is 7.98. The van der Waals surface area contributed by atoms with Gasteiger partial charge in [-0.05, 0) is 39.2 Å². The summed E-state index contributed by atoms with van der Waals surface area (Å²) < 4.78 is 10.4. The van der Waals surface area contributed by atoms with Crippen LogP contribution in [-0.4, -0.2) is 42.8 Å². The number of nitrogens with two attached hydrogens (primary N) is 1. The number of hydrogen-bond acceptors (Lipinski definition) is 5. The molecular formula is C11H23NO3S. The Hall–Kier alpha value is -0.260. The molecule has 0 spiro atoms. The third kappa shape index (κ3) is 9.00. The van der Waals surface area contributed by atoms with Gasteiger partial charge in [-0.25, -0.2) is 0 Å². The highest BCUT2D eigenvalue weighted by Gasteiger charge is 2.15. The molecule has 0 aromatic heterocycles. The topological polar surface area (TPSA) is 61.6 Å². The molecule has 0 fully saturated rings. The van der Waals surface area contributed by atoms with Crippen LogP contribution in [0.3, 0.4) is 0 Å². The van der Waals surface area contributed by atoms with Crippen LogP contribution in [0.5, 0.6) is 0 Å². The van der Waals surface area contributed by atoms with Gasteiger partial charge < -0.3 is 15.2 Å². The smallest absolute Gasteiger partial charge is 0.323 e. The van der Waals surface area contributed by atoms with E-state index in [2.05, 4.69) is 0 Å². The Bertz CT molecular complexity index is 204. The first-order chi connectivity index (χ1) is 7.37. The van der Waals surface area contributed by atoms with Crippen LogP contribution in [0.15, 0.2) is 0 Å². The number of hydrogen-bond donors (Lipinski definition) is 1. The number of thioether (sulfide) groups is 1. The molecule has 0 aromatic carbocycles. The van der Waals surface area contributed by atoms with Crippen molar-refractivity contribution in [1.82, 2.24) is 0 Å². The maximum atomic E-state index is 11.4.